The SMILES string of the molecule is CN(C)C=C1CCn2cnc(=O)c(C#N)c21. The first-order chi connectivity index (χ1) is 7.63. The molecule has 0 radical (unpaired) electrons. The second kappa shape index (κ2) is 3.81. The van der Waals surface area contributed by atoms with E-state index in [1.165, 1.54) is 6.33 Å². The fraction of sp³-hybridized carbons (Fsp3) is 0.364. The molecule has 0 spiro atoms. The lowest BCUT2D eigenvalue weighted by atomic mass is 10.1. The number of hydrogen-bond donors (Lipinski definition) is 0. The third kappa shape index (κ3) is 1.58. The van der Waals surface area contributed by atoms with Crippen LogP contribution in [0.15, 0.2) is 17.3 Å². The zero-order valence-corrected chi connectivity index (χ0v) is 9.27. The van der Waals surface area contributed by atoms with E-state index in [0.717, 1.165) is 24.2 Å². The van der Waals surface area contributed by atoms with Gasteiger partial charge in [0.05, 0.1) is 12.0 Å². The molecule has 5 heteroatoms. The van der Waals surface area contributed by atoms with E-state index in [9.17, 15) is 4.79 Å². The molecule has 0 unspecified atom stereocenters. The summed E-state index contributed by atoms with van der Waals surface area (Å²) in [6.45, 7) is 0.775. The number of rotatable bonds is 1. The van der Waals surface area contributed by atoms with Crippen LogP contribution in [-0.2, 0) is 6.54 Å². The average molecular weight is 216 g/mol. The first-order valence-electron chi connectivity index (χ1n) is 5.00. The van der Waals surface area contributed by atoms with Crippen molar-refractivity contribution in [2.24, 2.45) is 0 Å². The molecule has 1 aliphatic rings. The molecule has 82 valence electrons. The highest BCUT2D eigenvalue weighted by Crippen LogP contribution is 2.27. The molecule has 0 fully saturated rings. The van der Waals surface area contributed by atoms with Crippen LogP contribution in [0.5, 0.6) is 0 Å². The van der Waals surface area contributed by atoms with Gasteiger partial charge in [-0.25, -0.2) is 0 Å². The minimum absolute atomic E-state index is 0.146. The van der Waals surface area contributed by atoms with Gasteiger partial charge in [-0.05, 0) is 12.0 Å². The van der Waals surface area contributed by atoms with Crippen LogP contribution in [0.2, 0.25) is 0 Å². The summed E-state index contributed by atoms with van der Waals surface area (Å²) in [6.07, 6.45) is 4.28. The monoisotopic (exact) mass is 216 g/mol. The summed E-state index contributed by atoms with van der Waals surface area (Å²) in [5.41, 5.74) is 1.44. The molecule has 2 heterocycles. The second-order valence-corrected chi connectivity index (χ2v) is 3.95. The predicted molar refractivity (Wildman–Crippen MR) is 59.5 cm³/mol. The molecule has 0 N–H and O–H groups in total. The molecular weight excluding hydrogens is 204 g/mol. The summed E-state index contributed by atoms with van der Waals surface area (Å²) in [5.74, 6) is 0. The van der Waals surface area contributed by atoms with Gasteiger partial charge in [0.1, 0.15) is 11.6 Å². The molecule has 0 bridgehead atoms. The maximum absolute atomic E-state index is 11.5. The number of nitrogens with zero attached hydrogens (tertiary/aromatic N) is 4. The molecule has 0 aliphatic carbocycles. The van der Waals surface area contributed by atoms with E-state index >= 15 is 0 Å². The van der Waals surface area contributed by atoms with Crippen molar-refractivity contribution in [1.82, 2.24) is 14.5 Å². The van der Waals surface area contributed by atoms with Crippen molar-refractivity contribution in [3.05, 3.63) is 34.1 Å². The van der Waals surface area contributed by atoms with Crippen molar-refractivity contribution in [3.8, 4) is 6.07 Å². The van der Waals surface area contributed by atoms with Crippen molar-refractivity contribution < 1.29 is 0 Å². The van der Waals surface area contributed by atoms with E-state index in [1.54, 1.807) is 0 Å². The molecule has 1 aromatic heterocycles. The number of allylic oxidation sites excluding steroid dienone is 1. The molecule has 2 rings (SSSR count). The maximum Gasteiger partial charge on any atom is 0.291 e. The lowest BCUT2D eigenvalue weighted by molar-refractivity contribution is 0.564. The largest absolute Gasteiger partial charge is 0.383 e. The van der Waals surface area contributed by atoms with Gasteiger partial charge in [-0.2, -0.15) is 10.2 Å². The number of aryl methyl sites for hydroxylation is 1. The summed E-state index contributed by atoms with van der Waals surface area (Å²) in [5, 5.41) is 8.99. The average Bonchev–Trinajstić information content (AvgIpc) is 2.61. The third-order valence-electron chi connectivity index (χ3n) is 2.50. The van der Waals surface area contributed by atoms with Crippen molar-refractivity contribution in [3.63, 3.8) is 0 Å². The minimum Gasteiger partial charge on any atom is -0.383 e. The lowest BCUT2D eigenvalue weighted by Gasteiger charge is -2.08. The topological polar surface area (TPSA) is 61.9 Å². The van der Waals surface area contributed by atoms with Gasteiger partial charge in [0.2, 0.25) is 0 Å². The number of nitriles is 1. The highest BCUT2D eigenvalue weighted by molar-refractivity contribution is 5.69. The number of fused-ring (bicyclic) bond motifs is 1. The third-order valence-corrected chi connectivity index (χ3v) is 2.50. The Morgan fingerprint density at radius 3 is 3.00 bits per heavy atom. The predicted octanol–water partition coefficient (Wildman–Crippen LogP) is 0.421. The van der Waals surface area contributed by atoms with Crippen molar-refractivity contribution in [2.45, 2.75) is 13.0 Å². The quantitative estimate of drug-likeness (QED) is 0.682. The van der Waals surface area contributed by atoms with Gasteiger partial charge in [-0.1, -0.05) is 0 Å². The van der Waals surface area contributed by atoms with E-state index in [-0.39, 0.29) is 5.56 Å². The van der Waals surface area contributed by atoms with Gasteiger partial charge in [-0.3, -0.25) is 4.79 Å². The van der Waals surface area contributed by atoms with Gasteiger partial charge >= 0.3 is 0 Å². The van der Waals surface area contributed by atoms with Gasteiger partial charge in [0.25, 0.3) is 5.56 Å². The van der Waals surface area contributed by atoms with Crippen LogP contribution in [0.4, 0.5) is 0 Å². The van der Waals surface area contributed by atoms with Gasteiger partial charge in [0.15, 0.2) is 0 Å². The van der Waals surface area contributed by atoms with Crippen LogP contribution < -0.4 is 5.56 Å². The minimum atomic E-state index is -0.444. The maximum atomic E-state index is 11.5. The molecule has 1 aliphatic heterocycles. The highest BCUT2D eigenvalue weighted by atomic mass is 16.1. The molecule has 0 amide bonds. The molecule has 0 saturated heterocycles. The van der Waals surface area contributed by atoms with Crippen molar-refractivity contribution in [1.29, 1.82) is 5.26 Å². The van der Waals surface area contributed by atoms with E-state index in [0.29, 0.717) is 0 Å². The Bertz CT molecular complexity index is 548. The fourth-order valence-corrected chi connectivity index (χ4v) is 1.90. The summed E-state index contributed by atoms with van der Waals surface area (Å²) in [4.78, 5) is 17.0. The van der Waals surface area contributed by atoms with E-state index < -0.39 is 5.56 Å². The Morgan fingerprint density at radius 1 is 1.62 bits per heavy atom. The zero-order valence-electron chi connectivity index (χ0n) is 9.27. The smallest absolute Gasteiger partial charge is 0.291 e. The fourth-order valence-electron chi connectivity index (χ4n) is 1.90. The summed E-state index contributed by atoms with van der Waals surface area (Å²) in [6, 6.07) is 1.94. The first kappa shape index (κ1) is 10.4. The second-order valence-electron chi connectivity index (χ2n) is 3.95. The Morgan fingerprint density at radius 2 is 2.38 bits per heavy atom. The Balaban J connectivity index is 2.66. The van der Waals surface area contributed by atoms with Crippen LogP contribution in [0.1, 0.15) is 17.7 Å². The lowest BCUT2D eigenvalue weighted by Crippen LogP contribution is -2.16. The number of hydrogen-bond acceptors (Lipinski definition) is 4. The molecule has 0 atom stereocenters. The summed E-state index contributed by atoms with van der Waals surface area (Å²) in [7, 11) is 3.84. The highest BCUT2D eigenvalue weighted by Gasteiger charge is 2.21. The van der Waals surface area contributed by atoms with Crippen LogP contribution >= 0.6 is 0 Å². The van der Waals surface area contributed by atoms with Gasteiger partial charge < -0.3 is 9.47 Å². The zero-order chi connectivity index (χ0) is 11.7. The van der Waals surface area contributed by atoms with Crippen molar-refractivity contribution >= 4 is 5.57 Å². The van der Waals surface area contributed by atoms with Gasteiger partial charge in [-0.15, -0.1) is 0 Å². The molecule has 16 heavy (non-hydrogen) atoms. The van der Waals surface area contributed by atoms with Crippen molar-refractivity contribution in [2.75, 3.05) is 14.1 Å². The van der Waals surface area contributed by atoms with Crippen LogP contribution in [0.25, 0.3) is 5.57 Å². The Kier molecular flexibility index (Phi) is 2.49. The molecule has 1 aromatic rings. The standard InChI is InChI=1S/C11H12N4O/c1-14(2)6-8-3-4-15-7-13-11(16)9(5-12)10(8)15/h6-7H,3-4H2,1-2H3. The normalized spacial score (nSPS) is 15.9. The van der Waals surface area contributed by atoms with Gasteiger partial charge in [0, 0.05) is 26.8 Å². The Hall–Kier alpha value is -2.09. The van der Waals surface area contributed by atoms with Crippen LogP contribution in [0.3, 0.4) is 0 Å². The molecule has 5 nitrogen and oxygen atoms in total. The van der Waals surface area contributed by atoms with Crippen LogP contribution in [-0.4, -0.2) is 28.5 Å². The Labute approximate surface area is 93.3 Å². The molecular formula is C11H12N4O. The molecule has 0 aromatic carbocycles. The van der Waals surface area contributed by atoms with E-state index in [1.807, 2.05) is 35.8 Å². The van der Waals surface area contributed by atoms with Crippen LogP contribution in [0, 0.1) is 11.3 Å². The van der Waals surface area contributed by atoms with E-state index in [2.05, 4.69) is 4.98 Å². The summed E-state index contributed by atoms with van der Waals surface area (Å²) >= 11 is 0. The molecule has 0 saturated carbocycles. The first-order valence-corrected chi connectivity index (χ1v) is 5.00. The summed E-state index contributed by atoms with van der Waals surface area (Å²) < 4.78 is 1.86. The number of aromatic nitrogens is 2. The van der Waals surface area contributed by atoms with E-state index in [4.69, 9.17) is 5.26 Å².